The minimum atomic E-state index is -0.391. The summed E-state index contributed by atoms with van der Waals surface area (Å²) in [4.78, 5) is 10.4. The minimum absolute atomic E-state index is 0.148. The normalized spacial score (nSPS) is 9.67. The van der Waals surface area contributed by atoms with E-state index in [-0.39, 0.29) is 11.6 Å². The first kappa shape index (κ1) is 8.86. The fourth-order valence-electron chi connectivity index (χ4n) is 0.670. The van der Waals surface area contributed by atoms with E-state index in [0.717, 1.165) is 16.7 Å². The summed E-state index contributed by atoms with van der Waals surface area (Å²) in [6.45, 7) is 0. The Morgan fingerprint density at radius 3 is 2.50 bits per heavy atom. The third-order valence-corrected chi connectivity index (χ3v) is 2.12. The Balaban J connectivity index is 2.53. The maximum absolute atomic E-state index is 9.97. The number of phenolic OH excluding ortho intramolecular Hbond substituents is 1. The third-order valence-electron chi connectivity index (χ3n) is 1.17. The molecule has 0 fully saturated rings. The van der Waals surface area contributed by atoms with Crippen molar-refractivity contribution in [3.8, 4) is 5.75 Å². The van der Waals surface area contributed by atoms with Crippen molar-refractivity contribution < 1.29 is 10.0 Å². The molecule has 1 N–H and O–H groups in total. The molecule has 0 bridgehead atoms. The van der Waals surface area contributed by atoms with Crippen LogP contribution in [0.5, 0.6) is 5.75 Å². The Hall–Kier alpha value is -1.23. The molecule has 0 aliphatic rings. The van der Waals surface area contributed by atoms with Crippen molar-refractivity contribution in [3.63, 3.8) is 0 Å². The number of thioether (sulfide) groups is 1. The topological polar surface area (TPSA) is 63.4 Å². The number of benzene rings is 1. The second-order valence-corrected chi connectivity index (χ2v) is 3.12. The first-order valence-corrected chi connectivity index (χ1v) is 4.20. The fraction of sp³-hybridized carbons (Fsp3) is 0.143. The molecule has 1 rings (SSSR count). The molecule has 0 aromatic heterocycles. The van der Waals surface area contributed by atoms with Gasteiger partial charge in [-0.05, 0) is 24.3 Å². The van der Waals surface area contributed by atoms with E-state index in [1.165, 1.54) is 12.1 Å². The predicted octanol–water partition coefficient (Wildman–Crippen LogP) is 1.72. The molecule has 0 atom stereocenters. The van der Waals surface area contributed by atoms with Gasteiger partial charge in [0.2, 0.25) is 0 Å². The van der Waals surface area contributed by atoms with Crippen LogP contribution >= 0.6 is 11.8 Å². The van der Waals surface area contributed by atoms with Gasteiger partial charge in [-0.3, -0.25) is 10.1 Å². The number of nitro groups is 1. The zero-order chi connectivity index (χ0) is 8.97. The first-order valence-electron chi connectivity index (χ1n) is 3.22. The van der Waals surface area contributed by atoms with E-state index >= 15 is 0 Å². The molecule has 0 unspecified atom stereocenters. The Bertz CT molecular complexity index is 272. The lowest BCUT2D eigenvalue weighted by Crippen LogP contribution is -1.94. The van der Waals surface area contributed by atoms with E-state index in [0.29, 0.717) is 0 Å². The second kappa shape index (κ2) is 3.96. The molecule has 1 aromatic rings. The van der Waals surface area contributed by atoms with Crippen LogP contribution in [0.2, 0.25) is 0 Å². The summed E-state index contributed by atoms with van der Waals surface area (Å²) >= 11 is 1.13. The highest BCUT2D eigenvalue weighted by atomic mass is 32.2. The Morgan fingerprint density at radius 2 is 2.00 bits per heavy atom. The molecular weight excluding hydrogens is 178 g/mol. The van der Waals surface area contributed by atoms with Crippen molar-refractivity contribution in [2.24, 2.45) is 0 Å². The van der Waals surface area contributed by atoms with Crippen molar-refractivity contribution >= 4 is 11.8 Å². The molecular formula is C7H7NO3S. The van der Waals surface area contributed by atoms with Crippen LogP contribution in [0.1, 0.15) is 0 Å². The van der Waals surface area contributed by atoms with Gasteiger partial charge in [0.05, 0.1) is 0 Å². The van der Waals surface area contributed by atoms with Crippen LogP contribution in [0.4, 0.5) is 0 Å². The number of hydrogen-bond donors (Lipinski definition) is 1. The summed E-state index contributed by atoms with van der Waals surface area (Å²) in [5.41, 5.74) is 0. The molecule has 64 valence electrons. The number of rotatable bonds is 3. The molecule has 0 radical (unpaired) electrons. The predicted molar refractivity (Wildman–Crippen MR) is 45.8 cm³/mol. The average Bonchev–Trinajstić information content (AvgIpc) is 2.03. The summed E-state index contributed by atoms with van der Waals surface area (Å²) in [5, 5.41) is 18.9. The molecule has 5 heteroatoms. The van der Waals surface area contributed by atoms with Crippen molar-refractivity contribution in [1.82, 2.24) is 0 Å². The van der Waals surface area contributed by atoms with Gasteiger partial charge in [0, 0.05) is 9.82 Å². The van der Waals surface area contributed by atoms with Crippen LogP contribution < -0.4 is 0 Å². The van der Waals surface area contributed by atoms with E-state index in [9.17, 15) is 10.1 Å². The molecule has 0 heterocycles. The highest BCUT2D eigenvalue weighted by Crippen LogP contribution is 2.20. The van der Waals surface area contributed by atoms with Gasteiger partial charge in [-0.15, -0.1) is 0 Å². The SMILES string of the molecule is O=[N+]([O-])CSc1ccc(O)cc1. The molecule has 0 saturated heterocycles. The van der Waals surface area contributed by atoms with Gasteiger partial charge < -0.3 is 5.11 Å². The van der Waals surface area contributed by atoms with E-state index in [4.69, 9.17) is 5.11 Å². The van der Waals surface area contributed by atoms with Gasteiger partial charge in [0.15, 0.2) is 0 Å². The summed E-state index contributed by atoms with van der Waals surface area (Å²) in [6.07, 6.45) is 0. The van der Waals surface area contributed by atoms with Crippen LogP contribution in [0.15, 0.2) is 29.2 Å². The highest BCUT2D eigenvalue weighted by Gasteiger charge is 1.99. The summed E-state index contributed by atoms with van der Waals surface area (Å²) < 4.78 is 0. The monoisotopic (exact) mass is 185 g/mol. The molecule has 12 heavy (non-hydrogen) atoms. The maximum Gasteiger partial charge on any atom is 0.253 e. The summed E-state index contributed by atoms with van der Waals surface area (Å²) in [6, 6.07) is 6.29. The smallest absolute Gasteiger partial charge is 0.253 e. The molecule has 0 amide bonds. The number of nitrogens with zero attached hydrogens (tertiary/aromatic N) is 1. The van der Waals surface area contributed by atoms with Crippen molar-refractivity contribution in [2.45, 2.75) is 4.90 Å². The molecule has 0 aliphatic heterocycles. The lowest BCUT2D eigenvalue weighted by molar-refractivity contribution is -0.456. The third kappa shape index (κ3) is 2.79. The lowest BCUT2D eigenvalue weighted by Gasteiger charge is -1.95. The van der Waals surface area contributed by atoms with Crippen molar-refractivity contribution in [2.75, 3.05) is 5.88 Å². The Kier molecular flexibility index (Phi) is 2.93. The minimum Gasteiger partial charge on any atom is -0.508 e. The van der Waals surface area contributed by atoms with Gasteiger partial charge in [0.25, 0.3) is 5.88 Å². The second-order valence-electron chi connectivity index (χ2n) is 2.10. The number of hydrogen-bond acceptors (Lipinski definition) is 4. The van der Waals surface area contributed by atoms with Gasteiger partial charge in [-0.1, -0.05) is 11.8 Å². The summed E-state index contributed by atoms with van der Waals surface area (Å²) in [7, 11) is 0. The van der Waals surface area contributed by atoms with Crippen molar-refractivity contribution in [1.29, 1.82) is 0 Å². The number of phenols is 1. The molecule has 4 nitrogen and oxygen atoms in total. The molecule has 1 aromatic carbocycles. The fourth-order valence-corrected chi connectivity index (χ4v) is 1.25. The van der Waals surface area contributed by atoms with Crippen molar-refractivity contribution in [3.05, 3.63) is 34.4 Å². The average molecular weight is 185 g/mol. The van der Waals surface area contributed by atoms with Crippen LogP contribution in [0, 0.1) is 10.1 Å². The Labute approximate surface area is 73.4 Å². The van der Waals surface area contributed by atoms with E-state index in [1.807, 2.05) is 0 Å². The standard InChI is InChI=1S/C7H7NO3S/c9-6-1-3-7(4-2-6)12-5-8(10)11/h1-4,9H,5H2. The van der Waals surface area contributed by atoms with Crippen LogP contribution in [-0.2, 0) is 0 Å². The lowest BCUT2D eigenvalue weighted by atomic mass is 10.3. The van der Waals surface area contributed by atoms with Gasteiger partial charge >= 0.3 is 0 Å². The Morgan fingerprint density at radius 1 is 1.42 bits per heavy atom. The van der Waals surface area contributed by atoms with E-state index in [1.54, 1.807) is 12.1 Å². The highest BCUT2D eigenvalue weighted by molar-refractivity contribution is 7.99. The molecule has 0 saturated carbocycles. The van der Waals surface area contributed by atoms with Gasteiger partial charge in [-0.2, -0.15) is 0 Å². The first-order chi connectivity index (χ1) is 5.68. The zero-order valence-corrected chi connectivity index (χ0v) is 6.95. The quantitative estimate of drug-likeness (QED) is 0.337. The van der Waals surface area contributed by atoms with E-state index < -0.39 is 4.92 Å². The van der Waals surface area contributed by atoms with Crippen LogP contribution in [0.3, 0.4) is 0 Å². The number of aromatic hydroxyl groups is 1. The van der Waals surface area contributed by atoms with Crippen LogP contribution in [0.25, 0.3) is 0 Å². The van der Waals surface area contributed by atoms with Gasteiger partial charge in [0.1, 0.15) is 5.75 Å². The molecule has 0 spiro atoms. The largest absolute Gasteiger partial charge is 0.508 e. The van der Waals surface area contributed by atoms with Gasteiger partial charge in [-0.25, -0.2) is 0 Å². The molecule has 0 aliphatic carbocycles. The van der Waals surface area contributed by atoms with Crippen LogP contribution in [-0.4, -0.2) is 15.9 Å². The summed E-state index contributed by atoms with van der Waals surface area (Å²) in [5.74, 6) is 0.0190. The van der Waals surface area contributed by atoms with E-state index in [2.05, 4.69) is 0 Å². The zero-order valence-electron chi connectivity index (χ0n) is 6.14. The maximum atomic E-state index is 9.97.